The van der Waals surface area contributed by atoms with Crippen molar-refractivity contribution in [3.63, 3.8) is 0 Å². The molecule has 2 heterocycles. The largest absolute Gasteiger partial charge is 0.463 e. The smallest absolute Gasteiger partial charge is 0.332 e. The summed E-state index contributed by atoms with van der Waals surface area (Å²) in [6.07, 6.45) is 2.52. The van der Waals surface area contributed by atoms with Crippen LogP contribution < -0.4 is 0 Å². The number of nitrogens with one attached hydrogen (secondary N) is 1. The Morgan fingerprint density at radius 1 is 1.12 bits per heavy atom. The number of carbonyl (C=O) groups excluding carboxylic acids is 2. The summed E-state index contributed by atoms with van der Waals surface area (Å²) < 4.78 is 5.08. The van der Waals surface area contributed by atoms with E-state index in [1.54, 1.807) is 11.8 Å². The standard InChI is InChI=1S/C25H27N5O3/c1-4-33-23(32)13-19-14-25(2,3)15-22(31)30(19)16-17-9-11-18(12-10-17)20-7-5-6-8-21(20)24-26-28-29-27-24/h5-13H,4,14-16H2,1-3H3,(H,26,27,28,29)/b19-13+. The lowest BCUT2D eigenvalue weighted by atomic mass is 9.80. The van der Waals surface area contributed by atoms with Gasteiger partial charge in [0, 0.05) is 23.8 Å². The fourth-order valence-electron chi connectivity index (χ4n) is 4.13. The molecular weight excluding hydrogens is 418 g/mol. The number of aromatic nitrogens is 4. The van der Waals surface area contributed by atoms with Crippen LogP contribution in [-0.2, 0) is 20.9 Å². The minimum absolute atomic E-state index is 0.00771. The second-order valence-electron chi connectivity index (χ2n) is 8.86. The highest BCUT2D eigenvalue weighted by molar-refractivity contribution is 5.86. The Bertz CT molecular complexity index is 1170. The maximum atomic E-state index is 12.9. The number of piperidine rings is 1. The maximum absolute atomic E-state index is 12.9. The molecule has 0 unspecified atom stereocenters. The van der Waals surface area contributed by atoms with Gasteiger partial charge >= 0.3 is 5.97 Å². The third kappa shape index (κ3) is 5.16. The molecule has 4 rings (SSSR count). The monoisotopic (exact) mass is 445 g/mol. The summed E-state index contributed by atoms with van der Waals surface area (Å²) in [7, 11) is 0. The van der Waals surface area contributed by atoms with Crippen molar-refractivity contribution in [2.75, 3.05) is 6.61 Å². The van der Waals surface area contributed by atoms with Crippen molar-refractivity contribution in [1.82, 2.24) is 25.5 Å². The molecule has 8 heteroatoms. The number of esters is 1. The van der Waals surface area contributed by atoms with E-state index in [9.17, 15) is 9.59 Å². The Kier molecular flexibility index (Phi) is 6.35. The van der Waals surface area contributed by atoms with Gasteiger partial charge in [0.1, 0.15) is 0 Å². The number of H-pyrrole nitrogens is 1. The molecule has 0 aliphatic carbocycles. The maximum Gasteiger partial charge on any atom is 0.332 e. The molecule has 1 amide bonds. The molecule has 33 heavy (non-hydrogen) atoms. The topological polar surface area (TPSA) is 101 Å². The highest BCUT2D eigenvalue weighted by Gasteiger charge is 2.35. The fraction of sp³-hybridized carbons (Fsp3) is 0.320. The quantitative estimate of drug-likeness (QED) is 0.452. The van der Waals surface area contributed by atoms with E-state index >= 15 is 0 Å². The van der Waals surface area contributed by atoms with Gasteiger partial charge in [-0.25, -0.2) is 4.79 Å². The molecule has 0 radical (unpaired) electrons. The van der Waals surface area contributed by atoms with Gasteiger partial charge in [0.15, 0.2) is 0 Å². The normalized spacial score (nSPS) is 16.8. The number of ether oxygens (including phenoxy) is 1. The highest BCUT2D eigenvalue weighted by Crippen LogP contribution is 2.38. The number of allylic oxidation sites excluding steroid dienone is 1. The Balaban J connectivity index is 1.58. The lowest BCUT2D eigenvalue weighted by Gasteiger charge is -2.38. The molecule has 0 spiro atoms. The molecule has 2 aromatic carbocycles. The van der Waals surface area contributed by atoms with Crippen molar-refractivity contribution >= 4 is 11.9 Å². The van der Waals surface area contributed by atoms with Gasteiger partial charge in [-0.05, 0) is 40.7 Å². The van der Waals surface area contributed by atoms with E-state index < -0.39 is 5.97 Å². The number of amides is 1. The van der Waals surface area contributed by atoms with Crippen molar-refractivity contribution < 1.29 is 14.3 Å². The molecule has 170 valence electrons. The minimum atomic E-state index is -0.420. The highest BCUT2D eigenvalue weighted by atomic mass is 16.5. The van der Waals surface area contributed by atoms with Crippen LogP contribution >= 0.6 is 0 Å². The Labute approximate surface area is 192 Å². The zero-order chi connectivity index (χ0) is 23.4. The Morgan fingerprint density at radius 2 is 1.85 bits per heavy atom. The molecule has 1 aliphatic heterocycles. The Hall–Kier alpha value is -3.81. The molecule has 0 saturated carbocycles. The van der Waals surface area contributed by atoms with Crippen molar-refractivity contribution in [3.05, 3.63) is 65.9 Å². The number of aromatic amines is 1. The van der Waals surface area contributed by atoms with Gasteiger partial charge < -0.3 is 9.64 Å². The lowest BCUT2D eigenvalue weighted by Crippen LogP contribution is -2.40. The van der Waals surface area contributed by atoms with Gasteiger partial charge in [-0.1, -0.05) is 62.4 Å². The zero-order valence-electron chi connectivity index (χ0n) is 19.0. The summed E-state index contributed by atoms with van der Waals surface area (Å²) in [4.78, 5) is 26.7. The minimum Gasteiger partial charge on any atom is -0.463 e. The number of tetrazole rings is 1. The van der Waals surface area contributed by atoms with Crippen LogP contribution in [0.1, 0.15) is 39.2 Å². The van der Waals surface area contributed by atoms with Crippen LogP contribution in [0.15, 0.2) is 60.3 Å². The van der Waals surface area contributed by atoms with Gasteiger partial charge in [0.05, 0.1) is 13.2 Å². The van der Waals surface area contributed by atoms with Gasteiger partial charge in [0.25, 0.3) is 0 Å². The number of hydrogen-bond donors (Lipinski definition) is 1. The van der Waals surface area contributed by atoms with Crippen LogP contribution in [0.4, 0.5) is 0 Å². The first-order valence-corrected chi connectivity index (χ1v) is 11.0. The van der Waals surface area contributed by atoms with Crippen LogP contribution in [0.3, 0.4) is 0 Å². The lowest BCUT2D eigenvalue weighted by molar-refractivity contribution is -0.137. The number of likely N-dealkylation sites (tertiary alicyclic amines) is 1. The van der Waals surface area contributed by atoms with Crippen LogP contribution in [0.5, 0.6) is 0 Å². The molecule has 8 nitrogen and oxygen atoms in total. The van der Waals surface area contributed by atoms with Crippen molar-refractivity contribution in [2.24, 2.45) is 5.41 Å². The summed E-state index contributed by atoms with van der Waals surface area (Å²) in [5.74, 6) is 0.120. The third-order valence-corrected chi connectivity index (χ3v) is 5.63. The number of carbonyl (C=O) groups is 2. The zero-order valence-corrected chi connectivity index (χ0v) is 19.0. The van der Waals surface area contributed by atoms with E-state index in [0.717, 1.165) is 22.3 Å². The molecule has 0 atom stereocenters. The fourth-order valence-corrected chi connectivity index (χ4v) is 4.13. The first kappa shape index (κ1) is 22.4. The molecule has 3 aromatic rings. The van der Waals surface area contributed by atoms with E-state index in [0.29, 0.717) is 37.5 Å². The molecule has 1 aromatic heterocycles. The van der Waals surface area contributed by atoms with Crippen LogP contribution in [0, 0.1) is 5.41 Å². The van der Waals surface area contributed by atoms with E-state index in [1.165, 1.54) is 6.08 Å². The third-order valence-electron chi connectivity index (χ3n) is 5.63. The summed E-state index contributed by atoms with van der Waals surface area (Å²) in [6, 6.07) is 15.9. The average molecular weight is 446 g/mol. The summed E-state index contributed by atoms with van der Waals surface area (Å²) in [5.41, 5.74) is 4.35. The van der Waals surface area contributed by atoms with Gasteiger partial charge in [-0.2, -0.15) is 5.21 Å². The predicted molar refractivity (Wildman–Crippen MR) is 123 cm³/mol. The number of rotatable bonds is 6. The van der Waals surface area contributed by atoms with Crippen LogP contribution in [0.25, 0.3) is 22.5 Å². The molecule has 0 bridgehead atoms. The van der Waals surface area contributed by atoms with Crippen molar-refractivity contribution in [1.29, 1.82) is 0 Å². The SMILES string of the molecule is CCOC(=O)/C=C1\CC(C)(C)CC(=O)N1Cc1ccc(-c2ccccc2-c2nn[nH]n2)cc1. The van der Waals surface area contributed by atoms with E-state index in [-0.39, 0.29) is 11.3 Å². The summed E-state index contributed by atoms with van der Waals surface area (Å²) >= 11 is 0. The molecule has 1 N–H and O–H groups in total. The molecule has 1 fully saturated rings. The Morgan fingerprint density at radius 3 is 2.52 bits per heavy atom. The van der Waals surface area contributed by atoms with Crippen molar-refractivity contribution in [3.8, 4) is 22.5 Å². The second kappa shape index (κ2) is 9.36. The second-order valence-corrected chi connectivity index (χ2v) is 8.86. The van der Waals surface area contributed by atoms with Gasteiger partial charge in [0.2, 0.25) is 11.7 Å². The van der Waals surface area contributed by atoms with Gasteiger partial charge in [-0.15, -0.1) is 10.2 Å². The van der Waals surface area contributed by atoms with E-state index in [2.05, 4.69) is 20.6 Å². The van der Waals surface area contributed by atoms with Crippen LogP contribution in [0.2, 0.25) is 0 Å². The van der Waals surface area contributed by atoms with Crippen LogP contribution in [-0.4, -0.2) is 44.0 Å². The first-order valence-electron chi connectivity index (χ1n) is 11.0. The van der Waals surface area contributed by atoms with Gasteiger partial charge in [-0.3, -0.25) is 4.79 Å². The summed E-state index contributed by atoms with van der Waals surface area (Å²) in [6.45, 7) is 6.54. The van der Waals surface area contributed by atoms with Crippen molar-refractivity contribution in [2.45, 2.75) is 40.2 Å². The number of nitrogens with zero attached hydrogens (tertiary/aromatic N) is 4. The molecule has 1 aliphatic rings. The average Bonchev–Trinajstić information content (AvgIpc) is 3.31. The first-order chi connectivity index (χ1) is 15.9. The predicted octanol–water partition coefficient (Wildman–Crippen LogP) is 4.13. The number of benzene rings is 2. The molecule has 1 saturated heterocycles. The van der Waals surface area contributed by atoms with E-state index in [4.69, 9.17) is 4.74 Å². The van der Waals surface area contributed by atoms with E-state index in [1.807, 2.05) is 62.4 Å². The summed E-state index contributed by atoms with van der Waals surface area (Å²) in [5, 5.41) is 14.3. The molecular formula is C25H27N5O3. The number of hydrogen-bond acceptors (Lipinski definition) is 6.